The van der Waals surface area contributed by atoms with Gasteiger partial charge in [0.25, 0.3) is 5.78 Å². The third-order valence-electron chi connectivity index (χ3n) is 6.71. The van der Waals surface area contributed by atoms with Gasteiger partial charge in [0.2, 0.25) is 0 Å². The second-order valence-electron chi connectivity index (χ2n) is 9.88. The minimum Gasteiger partial charge on any atom is -0.494 e. The summed E-state index contributed by atoms with van der Waals surface area (Å²) >= 11 is 0. The van der Waals surface area contributed by atoms with Gasteiger partial charge in [-0.15, -0.1) is 0 Å². The molecule has 0 saturated carbocycles. The van der Waals surface area contributed by atoms with Crippen molar-refractivity contribution in [3.05, 3.63) is 125 Å². The quantitative estimate of drug-likeness (QED) is 0.0563. The van der Waals surface area contributed by atoms with E-state index in [1.54, 1.807) is 31.2 Å². The topological polar surface area (TPSA) is 71.1 Å². The number of para-hydroxylation sites is 1. The Morgan fingerprint density at radius 2 is 1.26 bits per heavy atom. The van der Waals surface area contributed by atoms with E-state index in [4.69, 9.17) is 18.9 Å². The maximum atomic E-state index is 12.0. The smallest absolute Gasteiger partial charge is 0.379 e. The number of benzene rings is 4. The summed E-state index contributed by atoms with van der Waals surface area (Å²) in [7, 11) is 0. The van der Waals surface area contributed by atoms with Crippen LogP contribution in [0.25, 0.3) is 0 Å². The van der Waals surface area contributed by atoms with Crippen molar-refractivity contribution in [3.63, 3.8) is 0 Å². The molecule has 0 aliphatic heterocycles. The fraction of sp³-hybridized carbons (Fsp3) is 0.278. The maximum Gasteiger partial charge on any atom is 0.379 e. The largest absolute Gasteiger partial charge is 0.494 e. The Hall–Kier alpha value is -4.58. The van der Waals surface area contributed by atoms with E-state index >= 15 is 0 Å². The molecule has 218 valence electrons. The zero-order valence-corrected chi connectivity index (χ0v) is 24.1. The Kier molecular flexibility index (Phi) is 12.0. The number of rotatable bonds is 17. The SMILES string of the molecule is CCOC(=O)C(=O)c1ccc(OCCCCCCc2cccc(OCc3ccccc3)c2OCc2ccccc2)cc1. The fourth-order valence-electron chi connectivity index (χ4n) is 4.48. The first kappa shape index (κ1) is 30.4. The second kappa shape index (κ2) is 16.6. The third kappa shape index (κ3) is 9.51. The predicted octanol–water partition coefficient (Wildman–Crippen LogP) is 7.77. The predicted molar refractivity (Wildman–Crippen MR) is 163 cm³/mol. The van der Waals surface area contributed by atoms with Crippen molar-refractivity contribution in [2.45, 2.75) is 52.2 Å². The summed E-state index contributed by atoms with van der Waals surface area (Å²) in [5.41, 5.74) is 3.66. The normalized spacial score (nSPS) is 10.6. The molecule has 4 aromatic rings. The van der Waals surface area contributed by atoms with Gasteiger partial charge in [0.05, 0.1) is 13.2 Å². The average Bonchev–Trinajstić information content (AvgIpc) is 3.03. The number of ketones is 1. The van der Waals surface area contributed by atoms with Gasteiger partial charge in [-0.1, -0.05) is 85.6 Å². The highest BCUT2D eigenvalue weighted by atomic mass is 16.5. The molecule has 0 aliphatic rings. The fourth-order valence-corrected chi connectivity index (χ4v) is 4.48. The van der Waals surface area contributed by atoms with Crippen molar-refractivity contribution >= 4 is 11.8 Å². The van der Waals surface area contributed by atoms with Crippen LogP contribution < -0.4 is 14.2 Å². The Morgan fingerprint density at radius 1 is 0.619 bits per heavy atom. The van der Waals surface area contributed by atoms with E-state index in [-0.39, 0.29) is 6.61 Å². The van der Waals surface area contributed by atoms with Crippen LogP contribution in [0.2, 0.25) is 0 Å². The number of ether oxygens (including phenoxy) is 4. The van der Waals surface area contributed by atoms with Crippen LogP contribution in [0.1, 0.15) is 59.7 Å². The molecule has 0 saturated heterocycles. The van der Waals surface area contributed by atoms with Crippen molar-refractivity contribution in [1.82, 2.24) is 0 Å². The number of unbranched alkanes of at least 4 members (excludes halogenated alkanes) is 3. The first-order valence-corrected chi connectivity index (χ1v) is 14.5. The Labute approximate surface area is 248 Å². The number of Topliss-reactive ketones (excluding diaryl/α,β-unsaturated/α-hetero) is 1. The molecule has 6 nitrogen and oxygen atoms in total. The van der Waals surface area contributed by atoms with E-state index in [1.807, 2.05) is 48.5 Å². The van der Waals surface area contributed by atoms with E-state index in [2.05, 4.69) is 30.3 Å². The van der Waals surface area contributed by atoms with E-state index in [9.17, 15) is 9.59 Å². The Balaban J connectivity index is 1.24. The van der Waals surface area contributed by atoms with Crippen molar-refractivity contribution < 1.29 is 28.5 Å². The van der Waals surface area contributed by atoms with Crippen LogP contribution in [0.4, 0.5) is 0 Å². The molecule has 0 radical (unpaired) electrons. The van der Waals surface area contributed by atoms with Gasteiger partial charge < -0.3 is 18.9 Å². The zero-order valence-electron chi connectivity index (χ0n) is 24.1. The summed E-state index contributed by atoms with van der Waals surface area (Å²) in [4.78, 5) is 23.6. The molecule has 4 rings (SSSR count). The Bertz CT molecular complexity index is 1380. The lowest BCUT2D eigenvalue weighted by atomic mass is 10.0. The molecule has 0 amide bonds. The lowest BCUT2D eigenvalue weighted by molar-refractivity contribution is -0.137. The van der Waals surface area contributed by atoms with Crippen LogP contribution in [0.15, 0.2) is 103 Å². The van der Waals surface area contributed by atoms with E-state index in [1.165, 1.54) is 0 Å². The highest BCUT2D eigenvalue weighted by Gasteiger charge is 2.17. The van der Waals surface area contributed by atoms with Crippen LogP contribution in [0, 0.1) is 0 Å². The van der Waals surface area contributed by atoms with Gasteiger partial charge >= 0.3 is 5.97 Å². The van der Waals surface area contributed by atoms with Gasteiger partial charge in [0.1, 0.15) is 19.0 Å². The summed E-state index contributed by atoms with van der Waals surface area (Å²) in [6.07, 6.45) is 4.92. The van der Waals surface area contributed by atoms with Crippen LogP contribution >= 0.6 is 0 Å². The first-order valence-electron chi connectivity index (χ1n) is 14.5. The molecule has 0 atom stereocenters. The molecule has 0 spiro atoms. The lowest BCUT2D eigenvalue weighted by Crippen LogP contribution is -2.17. The van der Waals surface area contributed by atoms with Crippen molar-refractivity contribution in [2.75, 3.05) is 13.2 Å². The molecule has 0 bridgehead atoms. The van der Waals surface area contributed by atoms with Gasteiger partial charge in [-0.3, -0.25) is 4.79 Å². The molecule has 42 heavy (non-hydrogen) atoms. The molecular formula is C36H38O6. The lowest BCUT2D eigenvalue weighted by Gasteiger charge is -2.17. The van der Waals surface area contributed by atoms with Crippen molar-refractivity contribution in [3.8, 4) is 17.2 Å². The van der Waals surface area contributed by atoms with E-state index < -0.39 is 11.8 Å². The number of carbonyl (C=O) groups is 2. The number of esters is 1. The molecular weight excluding hydrogens is 528 g/mol. The second-order valence-corrected chi connectivity index (χ2v) is 9.88. The van der Waals surface area contributed by atoms with Gasteiger partial charge in [-0.05, 0) is 73.2 Å². The first-order chi connectivity index (χ1) is 20.6. The van der Waals surface area contributed by atoms with Crippen LogP contribution in [-0.2, 0) is 29.2 Å². The molecule has 0 unspecified atom stereocenters. The molecule has 4 aromatic carbocycles. The summed E-state index contributed by atoms with van der Waals surface area (Å²) < 4.78 is 23.1. The molecule has 0 aliphatic carbocycles. The van der Waals surface area contributed by atoms with E-state index in [0.29, 0.717) is 31.1 Å². The molecule has 0 heterocycles. The molecule has 0 fully saturated rings. The average molecular weight is 567 g/mol. The Morgan fingerprint density at radius 3 is 1.93 bits per heavy atom. The number of carbonyl (C=O) groups excluding carboxylic acids is 2. The molecule has 6 heteroatoms. The zero-order chi connectivity index (χ0) is 29.4. The van der Waals surface area contributed by atoms with Crippen LogP contribution in [0.5, 0.6) is 17.2 Å². The number of hydrogen-bond acceptors (Lipinski definition) is 6. The van der Waals surface area contributed by atoms with Gasteiger partial charge in [0.15, 0.2) is 11.5 Å². The highest BCUT2D eigenvalue weighted by Crippen LogP contribution is 2.34. The molecule has 0 N–H and O–H groups in total. The summed E-state index contributed by atoms with van der Waals surface area (Å²) in [6, 6.07) is 33.0. The summed E-state index contributed by atoms with van der Waals surface area (Å²) in [6.45, 7) is 3.39. The van der Waals surface area contributed by atoms with Crippen molar-refractivity contribution in [2.24, 2.45) is 0 Å². The maximum absolute atomic E-state index is 12.0. The minimum absolute atomic E-state index is 0.171. The third-order valence-corrected chi connectivity index (χ3v) is 6.71. The van der Waals surface area contributed by atoms with Gasteiger partial charge in [-0.2, -0.15) is 0 Å². The van der Waals surface area contributed by atoms with Crippen LogP contribution in [-0.4, -0.2) is 25.0 Å². The summed E-state index contributed by atoms with van der Waals surface area (Å²) in [5.74, 6) is 0.752. The van der Waals surface area contributed by atoms with Gasteiger partial charge in [0, 0.05) is 5.56 Å². The van der Waals surface area contributed by atoms with Crippen molar-refractivity contribution in [1.29, 1.82) is 0 Å². The monoisotopic (exact) mass is 566 g/mol. The summed E-state index contributed by atoms with van der Waals surface area (Å²) in [5, 5.41) is 0. The standard InChI is InChI=1S/C36H38O6/c1-2-39-36(38)34(37)30-21-23-32(24-22-30)40-25-12-4-3-11-18-31-19-13-20-33(41-26-28-14-7-5-8-15-28)35(31)42-27-29-16-9-6-10-17-29/h5-10,13-17,19-24H,2-4,11-12,18,25-27H2,1H3. The number of hydrogen-bond donors (Lipinski definition) is 0. The van der Waals surface area contributed by atoms with Crippen LogP contribution in [0.3, 0.4) is 0 Å². The van der Waals surface area contributed by atoms with E-state index in [0.717, 1.165) is 60.3 Å². The van der Waals surface area contributed by atoms with Gasteiger partial charge in [-0.25, -0.2) is 4.79 Å². The number of aryl methyl sites for hydroxylation is 1. The highest BCUT2D eigenvalue weighted by molar-refractivity contribution is 6.40. The molecule has 0 aromatic heterocycles. The minimum atomic E-state index is -0.840.